The van der Waals surface area contributed by atoms with Crippen molar-refractivity contribution in [3.05, 3.63) is 42.7 Å². The monoisotopic (exact) mass is 219 g/mol. The van der Waals surface area contributed by atoms with Gasteiger partial charge < -0.3 is 14.3 Å². The number of ether oxygens (including phenoxy) is 2. The summed E-state index contributed by atoms with van der Waals surface area (Å²) in [5, 5.41) is 0. The molecule has 84 valence electrons. The molecule has 1 aromatic carbocycles. The number of hydrogen-bond donors (Lipinski definition) is 0. The van der Waals surface area contributed by atoms with E-state index in [1.165, 1.54) is 0 Å². The molecule has 1 aromatic heterocycles. The van der Waals surface area contributed by atoms with Crippen molar-refractivity contribution >= 4 is 0 Å². The van der Waals surface area contributed by atoms with E-state index in [-0.39, 0.29) is 0 Å². The van der Waals surface area contributed by atoms with Gasteiger partial charge in [-0.05, 0) is 24.3 Å². The van der Waals surface area contributed by atoms with Gasteiger partial charge in [0.1, 0.15) is 5.75 Å². The lowest BCUT2D eigenvalue weighted by Gasteiger charge is -2.11. The Balaban J connectivity index is 2.30. The van der Waals surface area contributed by atoms with Gasteiger partial charge in [0.15, 0.2) is 5.75 Å². The average Bonchev–Trinajstić information content (AvgIpc) is 2.82. The van der Waals surface area contributed by atoms with Crippen LogP contribution in [0, 0.1) is 0 Å². The van der Waals surface area contributed by atoms with Crippen LogP contribution < -0.4 is 14.3 Å². The van der Waals surface area contributed by atoms with Crippen LogP contribution in [-0.4, -0.2) is 19.0 Å². The summed E-state index contributed by atoms with van der Waals surface area (Å²) in [6.07, 6.45) is 3.61. The van der Waals surface area contributed by atoms with E-state index in [4.69, 9.17) is 14.3 Å². The van der Waals surface area contributed by atoms with Crippen LogP contribution in [0.15, 0.2) is 42.7 Å². The van der Waals surface area contributed by atoms with Crippen molar-refractivity contribution in [3.8, 4) is 17.2 Å². The van der Waals surface area contributed by atoms with Gasteiger partial charge in [0.2, 0.25) is 5.75 Å². The molecule has 0 atom stereocenters. The smallest absolute Gasteiger partial charge is 0.201 e. The molecule has 0 aliphatic heterocycles. The highest BCUT2D eigenvalue weighted by Gasteiger charge is 2.07. The maximum atomic E-state index is 5.59. The van der Waals surface area contributed by atoms with Crippen LogP contribution in [0.3, 0.4) is 0 Å². The van der Waals surface area contributed by atoms with E-state index in [9.17, 15) is 0 Å². The zero-order valence-corrected chi connectivity index (χ0v) is 9.21. The summed E-state index contributed by atoms with van der Waals surface area (Å²) in [5.41, 5.74) is 0. The summed E-state index contributed by atoms with van der Waals surface area (Å²) >= 11 is 0. The van der Waals surface area contributed by atoms with Crippen molar-refractivity contribution in [2.45, 2.75) is 0 Å². The molecule has 0 saturated heterocycles. The highest BCUT2D eigenvalue weighted by molar-refractivity contribution is 5.45. The lowest BCUT2D eigenvalue weighted by Crippen LogP contribution is -2.03. The van der Waals surface area contributed by atoms with E-state index < -0.39 is 0 Å². The lowest BCUT2D eigenvalue weighted by atomic mass is 10.3. The molecular weight excluding hydrogens is 206 g/mol. The molecule has 1 heterocycles. The van der Waals surface area contributed by atoms with Crippen LogP contribution >= 0.6 is 0 Å². The average molecular weight is 219 g/mol. The van der Waals surface area contributed by atoms with Crippen molar-refractivity contribution in [1.29, 1.82) is 0 Å². The van der Waals surface area contributed by atoms with E-state index in [2.05, 4.69) is 0 Å². The Hall–Kier alpha value is -2.10. The van der Waals surface area contributed by atoms with Crippen molar-refractivity contribution in [2.24, 2.45) is 0 Å². The number of benzene rings is 1. The first kappa shape index (κ1) is 10.4. The molecule has 0 radical (unpaired) electrons. The third kappa shape index (κ3) is 2.11. The molecule has 4 heteroatoms. The first-order valence-corrected chi connectivity index (χ1v) is 4.87. The number of hydrogen-bond acceptors (Lipinski definition) is 3. The van der Waals surface area contributed by atoms with Gasteiger partial charge in [0, 0.05) is 18.5 Å². The van der Waals surface area contributed by atoms with Crippen LogP contribution in [-0.2, 0) is 0 Å². The van der Waals surface area contributed by atoms with E-state index in [1.807, 2.05) is 18.2 Å². The Kier molecular flexibility index (Phi) is 3.00. The van der Waals surface area contributed by atoms with Crippen molar-refractivity contribution < 1.29 is 14.3 Å². The van der Waals surface area contributed by atoms with E-state index >= 15 is 0 Å². The molecule has 4 nitrogen and oxygen atoms in total. The Labute approximate surface area is 93.9 Å². The largest absolute Gasteiger partial charge is 0.497 e. The minimum atomic E-state index is 0.609. The normalized spacial score (nSPS) is 9.88. The molecule has 2 rings (SSSR count). The van der Waals surface area contributed by atoms with Gasteiger partial charge in [0.05, 0.1) is 14.2 Å². The molecule has 0 amide bonds. The fourth-order valence-corrected chi connectivity index (χ4v) is 1.35. The predicted molar refractivity (Wildman–Crippen MR) is 60.0 cm³/mol. The van der Waals surface area contributed by atoms with Gasteiger partial charge in [-0.2, -0.15) is 4.73 Å². The number of rotatable bonds is 4. The molecule has 0 unspecified atom stereocenters. The van der Waals surface area contributed by atoms with Gasteiger partial charge in [0.25, 0.3) is 0 Å². The third-order valence-corrected chi connectivity index (χ3v) is 2.15. The Bertz CT molecular complexity index is 451. The van der Waals surface area contributed by atoms with E-state index in [1.54, 1.807) is 43.5 Å². The van der Waals surface area contributed by atoms with Gasteiger partial charge in [-0.3, -0.25) is 0 Å². The first-order valence-electron chi connectivity index (χ1n) is 4.87. The van der Waals surface area contributed by atoms with Crippen LogP contribution in [0.25, 0.3) is 0 Å². The fraction of sp³-hybridized carbons (Fsp3) is 0.167. The summed E-state index contributed by atoms with van der Waals surface area (Å²) in [4.78, 5) is 5.59. The molecule has 0 spiro atoms. The molecule has 0 fully saturated rings. The van der Waals surface area contributed by atoms with Gasteiger partial charge in [-0.1, -0.05) is 0 Å². The second kappa shape index (κ2) is 4.61. The van der Waals surface area contributed by atoms with Gasteiger partial charge in [-0.15, -0.1) is 0 Å². The molecule has 0 saturated carbocycles. The van der Waals surface area contributed by atoms with Gasteiger partial charge >= 0.3 is 0 Å². The Morgan fingerprint density at radius 2 is 1.69 bits per heavy atom. The summed E-state index contributed by atoms with van der Waals surface area (Å²) in [5.74, 6) is 2.00. The van der Waals surface area contributed by atoms with Gasteiger partial charge in [-0.25, -0.2) is 0 Å². The molecule has 0 bridgehead atoms. The van der Waals surface area contributed by atoms with Crippen LogP contribution in [0.2, 0.25) is 0 Å². The Morgan fingerprint density at radius 1 is 0.938 bits per heavy atom. The number of aromatic nitrogens is 1. The van der Waals surface area contributed by atoms with E-state index in [0.29, 0.717) is 11.5 Å². The zero-order valence-electron chi connectivity index (χ0n) is 9.21. The molecular formula is C12H13NO3. The van der Waals surface area contributed by atoms with E-state index in [0.717, 1.165) is 5.75 Å². The SMILES string of the molecule is COc1ccc(OC)c(On2cccc2)c1. The number of methoxy groups -OCH3 is 2. The second-order valence-corrected chi connectivity index (χ2v) is 3.15. The summed E-state index contributed by atoms with van der Waals surface area (Å²) in [6, 6.07) is 9.16. The zero-order chi connectivity index (χ0) is 11.4. The third-order valence-electron chi connectivity index (χ3n) is 2.15. The maximum Gasteiger partial charge on any atom is 0.201 e. The quantitative estimate of drug-likeness (QED) is 0.791. The van der Waals surface area contributed by atoms with Crippen molar-refractivity contribution in [1.82, 2.24) is 4.73 Å². The number of nitrogens with zero attached hydrogens (tertiary/aromatic N) is 1. The minimum Gasteiger partial charge on any atom is -0.497 e. The molecule has 2 aromatic rings. The Morgan fingerprint density at radius 3 is 2.31 bits per heavy atom. The summed E-state index contributed by atoms with van der Waals surface area (Å²) in [7, 11) is 3.21. The van der Waals surface area contributed by atoms with Crippen LogP contribution in [0.5, 0.6) is 17.2 Å². The van der Waals surface area contributed by atoms with Crippen LogP contribution in [0.1, 0.15) is 0 Å². The predicted octanol–water partition coefficient (Wildman–Crippen LogP) is 2.35. The fourth-order valence-electron chi connectivity index (χ4n) is 1.35. The molecule has 0 aliphatic carbocycles. The lowest BCUT2D eigenvalue weighted by molar-refractivity contribution is 0.205. The van der Waals surface area contributed by atoms with Crippen molar-refractivity contribution in [3.63, 3.8) is 0 Å². The van der Waals surface area contributed by atoms with Crippen LogP contribution in [0.4, 0.5) is 0 Å². The molecule has 0 N–H and O–H groups in total. The minimum absolute atomic E-state index is 0.609. The summed E-state index contributed by atoms with van der Waals surface area (Å²) < 4.78 is 11.9. The molecule has 16 heavy (non-hydrogen) atoms. The molecule has 0 aliphatic rings. The second-order valence-electron chi connectivity index (χ2n) is 3.15. The highest BCUT2D eigenvalue weighted by Crippen LogP contribution is 2.31. The highest BCUT2D eigenvalue weighted by atomic mass is 16.7. The van der Waals surface area contributed by atoms with Crippen molar-refractivity contribution in [2.75, 3.05) is 14.2 Å². The topological polar surface area (TPSA) is 32.6 Å². The standard InChI is InChI=1S/C12H13NO3/c1-14-10-5-6-11(15-2)12(9-10)16-13-7-3-4-8-13/h3-9H,1-2H3. The first-order chi connectivity index (χ1) is 7.83. The maximum absolute atomic E-state index is 5.59. The summed E-state index contributed by atoms with van der Waals surface area (Å²) in [6.45, 7) is 0.